The van der Waals surface area contributed by atoms with Gasteiger partial charge in [-0.3, -0.25) is 19.0 Å². The Morgan fingerprint density at radius 1 is 1.25 bits per heavy atom. The zero-order chi connectivity index (χ0) is 17.9. The Morgan fingerprint density at radius 2 is 1.96 bits per heavy atom. The first kappa shape index (κ1) is 17.2. The molecule has 7 nitrogen and oxygen atoms in total. The number of benzene rings is 1. The molecule has 0 aliphatic carbocycles. The van der Waals surface area contributed by atoms with Crippen LogP contribution < -0.4 is 16.0 Å². The van der Waals surface area contributed by atoms with Gasteiger partial charge in [0.25, 0.3) is 17.4 Å². The smallest absolute Gasteiger partial charge is 0.259 e. The lowest BCUT2D eigenvalue weighted by Gasteiger charge is -2.12. The third-order valence-corrected chi connectivity index (χ3v) is 3.25. The van der Waals surface area contributed by atoms with Crippen LogP contribution >= 0.6 is 0 Å². The van der Waals surface area contributed by atoms with E-state index in [1.54, 1.807) is 14.1 Å². The lowest BCUT2D eigenvalue weighted by Crippen LogP contribution is -2.28. The first-order valence-electron chi connectivity index (χ1n) is 6.95. The summed E-state index contributed by atoms with van der Waals surface area (Å²) in [5.41, 5.74) is 4.54. The molecule has 1 aromatic carbocycles. The molecule has 2 N–H and O–H groups in total. The van der Waals surface area contributed by atoms with Gasteiger partial charge >= 0.3 is 0 Å². The van der Waals surface area contributed by atoms with Crippen LogP contribution in [0.3, 0.4) is 0 Å². The average Bonchev–Trinajstić information content (AvgIpc) is 2.52. The molecule has 0 atom stereocenters. The zero-order valence-electron chi connectivity index (χ0n) is 13.2. The van der Waals surface area contributed by atoms with Crippen molar-refractivity contribution in [3.8, 4) is 11.4 Å². The SMILES string of the molecule is CN(C)C(=O)COc1ccn(-c2ccc(C(N)=O)c(F)c2)c(=O)c1. The molecule has 126 valence electrons. The van der Waals surface area contributed by atoms with Crippen molar-refractivity contribution in [2.24, 2.45) is 5.73 Å². The van der Waals surface area contributed by atoms with Crippen LogP contribution in [0, 0.1) is 5.82 Å². The molecule has 24 heavy (non-hydrogen) atoms. The van der Waals surface area contributed by atoms with E-state index in [0.717, 1.165) is 6.07 Å². The van der Waals surface area contributed by atoms with Crippen molar-refractivity contribution in [3.63, 3.8) is 0 Å². The summed E-state index contributed by atoms with van der Waals surface area (Å²) in [7, 11) is 3.18. The van der Waals surface area contributed by atoms with Crippen molar-refractivity contribution in [1.29, 1.82) is 0 Å². The van der Waals surface area contributed by atoms with Crippen molar-refractivity contribution in [3.05, 3.63) is 58.3 Å². The van der Waals surface area contributed by atoms with Gasteiger partial charge in [0.05, 0.1) is 11.3 Å². The predicted octanol–water partition coefficient (Wildman–Crippen LogP) is 0.542. The van der Waals surface area contributed by atoms with E-state index in [9.17, 15) is 18.8 Å². The zero-order valence-corrected chi connectivity index (χ0v) is 13.2. The van der Waals surface area contributed by atoms with E-state index < -0.39 is 17.3 Å². The van der Waals surface area contributed by atoms with Crippen LogP contribution in [0.15, 0.2) is 41.3 Å². The highest BCUT2D eigenvalue weighted by Crippen LogP contribution is 2.14. The van der Waals surface area contributed by atoms with E-state index in [2.05, 4.69) is 0 Å². The molecule has 0 unspecified atom stereocenters. The monoisotopic (exact) mass is 333 g/mol. The van der Waals surface area contributed by atoms with E-state index in [1.807, 2.05) is 0 Å². The van der Waals surface area contributed by atoms with Crippen LogP contribution in [0.5, 0.6) is 5.75 Å². The van der Waals surface area contributed by atoms with Crippen LogP contribution in [-0.2, 0) is 4.79 Å². The van der Waals surface area contributed by atoms with E-state index in [4.69, 9.17) is 10.5 Å². The summed E-state index contributed by atoms with van der Waals surface area (Å²) in [6, 6.07) is 6.31. The Morgan fingerprint density at radius 3 is 2.50 bits per heavy atom. The first-order chi connectivity index (χ1) is 11.3. The molecule has 0 fully saturated rings. The summed E-state index contributed by atoms with van der Waals surface area (Å²) in [4.78, 5) is 36.0. The predicted molar refractivity (Wildman–Crippen MR) is 84.7 cm³/mol. The van der Waals surface area contributed by atoms with Crippen LogP contribution in [0.4, 0.5) is 4.39 Å². The molecule has 0 saturated heterocycles. The van der Waals surface area contributed by atoms with Crippen molar-refractivity contribution >= 4 is 11.8 Å². The van der Waals surface area contributed by atoms with E-state index >= 15 is 0 Å². The molecule has 8 heteroatoms. The number of primary amides is 1. The molecule has 0 saturated carbocycles. The van der Waals surface area contributed by atoms with Crippen molar-refractivity contribution in [2.75, 3.05) is 20.7 Å². The molecule has 0 aliphatic heterocycles. The minimum atomic E-state index is -0.888. The Balaban J connectivity index is 2.24. The number of hydrogen-bond acceptors (Lipinski definition) is 4. The Bertz CT molecular complexity index is 845. The van der Waals surface area contributed by atoms with Gasteiger partial charge < -0.3 is 15.4 Å². The van der Waals surface area contributed by atoms with Gasteiger partial charge in [0, 0.05) is 26.4 Å². The van der Waals surface area contributed by atoms with Crippen molar-refractivity contribution < 1.29 is 18.7 Å². The van der Waals surface area contributed by atoms with Crippen molar-refractivity contribution in [2.45, 2.75) is 0 Å². The summed E-state index contributed by atoms with van der Waals surface area (Å²) < 4.78 is 20.2. The Hall–Kier alpha value is -3.16. The van der Waals surface area contributed by atoms with Gasteiger partial charge in [-0.2, -0.15) is 0 Å². The third-order valence-electron chi connectivity index (χ3n) is 3.25. The molecule has 0 aliphatic rings. The molecule has 0 radical (unpaired) electrons. The number of hydrogen-bond donors (Lipinski definition) is 1. The van der Waals surface area contributed by atoms with E-state index in [-0.39, 0.29) is 29.5 Å². The largest absolute Gasteiger partial charge is 0.484 e. The molecule has 1 heterocycles. The topological polar surface area (TPSA) is 94.6 Å². The highest BCUT2D eigenvalue weighted by Gasteiger charge is 2.11. The van der Waals surface area contributed by atoms with Crippen LogP contribution in [0.2, 0.25) is 0 Å². The lowest BCUT2D eigenvalue weighted by molar-refractivity contribution is -0.130. The number of ether oxygens (including phenoxy) is 1. The highest BCUT2D eigenvalue weighted by molar-refractivity contribution is 5.93. The second-order valence-corrected chi connectivity index (χ2v) is 5.18. The van der Waals surface area contributed by atoms with E-state index in [1.165, 1.54) is 39.9 Å². The summed E-state index contributed by atoms with van der Waals surface area (Å²) in [6.45, 7) is -0.196. The van der Waals surface area contributed by atoms with Crippen LogP contribution in [0.25, 0.3) is 5.69 Å². The minimum Gasteiger partial charge on any atom is -0.484 e. The van der Waals surface area contributed by atoms with Crippen molar-refractivity contribution in [1.82, 2.24) is 9.47 Å². The van der Waals surface area contributed by atoms with Gasteiger partial charge in [0.15, 0.2) is 6.61 Å². The molecule has 2 aromatic rings. The summed E-state index contributed by atoms with van der Waals surface area (Å²) >= 11 is 0. The number of amides is 2. The second kappa shape index (κ2) is 6.95. The number of rotatable bonds is 5. The average molecular weight is 333 g/mol. The number of aromatic nitrogens is 1. The van der Waals surface area contributed by atoms with Gasteiger partial charge in [-0.1, -0.05) is 0 Å². The van der Waals surface area contributed by atoms with Gasteiger partial charge in [-0.25, -0.2) is 4.39 Å². The molecule has 2 amide bonds. The van der Waals surface area contributed by atoms with Gasteiger partial charge in [0.1, 0.15) is 11.6 Å². The van der Waals surface area contributed by atoms with Gasteiger partial charge in [-0.15, -0.1) is 0 Å². The quantitative estimate of drug-likeness (QED) is 0.864. The third kappa shape index (κ3) is 3.78. The number of halogens is 1. The standard InChI is InChI=1S/C16H16FN3O4/c1-19(2)15(22)9-24-11-5-6-20(14(21)8-11)10-3-4-12(16(18)23)13(17)7-10/h3-8H,9H2,1-2H3,(H2,18,23). The number of pyridine rings is 1. The Labute approximate surface area is 137 Å². The molecule has 0 bridgehead atoms. The van der Waals surface area contributed by atoms with Gasteiger partial charge in [-0.05, 0) is 24.3 Å². The molecular formula is C16H16FN3O4. The summed E-state index contributed by atoms with van der Waals surface area (Å²) in [5, 5.41) is 0. The number of carbonyl (C=O) groups is 2. The van der Waals surface area contributed by atoms with Crippen LogP contribution in [0.1, 0.15) is 10.4 Å². The summed E-state index contributed by atoms with van der Waals surface area (Å²) in [5.74, 6) is -1.73. The maximum absolute atomic E-state index is 13.8. The maximum atomic E-state index is 13.8. The van der Waals surface area contributed by atoms with E-state index in [0.29, 0.717) is 0 Å². The number of nitrogens with zero attached hydrogens (tertiary/aromatic N) is 2. The fourth-order valence-electron chi connectivity index (χ4n) is 1.89. The number of nitrogens with two attached hydrogens (primary N) is 1. The number of likely N-dealkylation sites (N-methyl/N-ethyl adjacent to an activating group) is 1. The fourth-order valence-corrected chi connectivity index (χ4v) is 1.89. The summed E-state index contributed by atoms with van der Waals surface area (Å²) in [6.07, 6.45) is 1.39. The Kier molecular flexibility index (Phi) is 4.98. The molecule has 1 aromatic heterocycles. The van der Waals surface area contributed by atoms with Gasteiger partial charge in [0.2, 0.25) is 0 Å². The number of carbonyl (C=O) groups excluding carboxylic acids is 2. The minimum absolute atomic E-state index is 0.196. The fraction of sp³-hybridized carbons (Fsp3) is 0.188. The highest BCUT2D eigenvalue weighted by atomic mass is 19.1. The lowest BCUT2D eigenvalue weighted by atomic mass is 10.2. The second-order valence-electron chi connectivity index (χ2n) is 5.18. The van der Waals surface area contributed by atoms with Crippen LogP contribution in [-0.4, -0.2) is 42.0 Å². The normalized spacial score (nSPS) is 10.3. The molecular weight excluding hydrogens is 317 g/mol. The first-order valence-corrected chi connectivity index (χ1v) is 6.95. The molecule has 2 rings (SSSR count). The molecule has 0 spiro atoms. The maximum Gasteiger partial charge on any atom is 0.259 e.